The van der Waals surface area contributed by atoms with Gasteiger partial charge >= 0.3 is 0 Å². The van der Waals surface area contributed by atoms with Crippen LogP contribution in [-0.2, 0) is 6.42 Å². The minimum Gasteiger partial charge on any atom is -0.493 e. The van der Waals surface area contributed by atoms with Crippen molar-refractivity contribution < 1.29 is 14.3 Å². The van der Waals surface area contributed by atoms with Gasteiger partial charge in [0.1, 0.15) is 6.29 Å². The molecular formula is C23H27BrO3. The second kappa shape index (κ2) is 12.3. The Kier molecular flexibility index (Phi) is 9.70. The van der Waals surface area contributed by atoms with E-state index in [2.05, 4.69) is 28.1 Å². The fourth-order valence-corrected chi connectivity index (χ4v) is 3.19. The molecule has 0 aliphatic rings. The molecule has 0 aliphatic heterocycles. The third kappa shape index (κ3) is 7.22. The lowest BCUT2D eigenvalue weighted by Crippen LogP contribution is -2.02. The Bertz CT molecular complexity index is 726. The smallest absolute Gasteiger partial charge is 0.161 e. The zero-order chi connectivity index (χ0) is 19.3. The molecule has 0 saturated carbocycles. The number of carbonyl (C=O) groups is 1. The minimum absolute atomic E-state index is 0.629. The summed E-state index contributed by atoms with van der Waals surface area (Å²) in [6, 6.07) is 13.8. The lowest BCUT2D eigenvalue weighted by atomic mass is 10.0. The van der Waals surface area contributed by atoms with Gasteiger partial charge in [-0.05, 0) is 42.5 Å². The molecule has 0 amide bonds. The van der Waals surface area contributed by atoms with E-state index < -0.39 is 0 Å². The summed E-state index contributed by atoms with van der Waals surface area (Å²) in [7, 11) is 1.63. The number of hydrogen-bond donors (Lipinski definition) is 0. The van der Waals surface area contributed by atoms with Crippen molar-refractivity contribution in [1.29, 1.82) is 0 Å². The van der Waals surface area contributed by atoms with E-state index in [1.807, 2.05) is 36.4 Å². The van der Waals surface area contributed by atoms with Gasteiger partial charge in [0.25, 0.3) is 0 Å². The summed E-state index contributed by atoms with van der Waals surface area (Å²) in [5.41, 5.74) is 2.71. The number of ether oxygens (including phenoxy) is 2. The number of methoxy groups -OCH3 is 1. The summed E-state index contributed by atoms with van der Waals surface area (Å²) >= 11 is 3.44. The molecule has 144 valence electrons. The molecule has 3 nitrogen and oxygen atoms in total. The SMILES string of the molecule is COc1cc(C/C=C/c2ccccc2)c(C=O)cc1OCCCCCCBr. The van der Waals surface area contributed by atoms with Gasteiger partial charge in [0.15, 0.2) is 11.5 Å². The Hall–Kier alpha value is -2.07. The molecule has 4 heteroatoms. The highest BCUT2D eigenvalue weighted by Gasteiger charge is 2.11. The van der Waals surface area contributed by atoms with Crippen molar-refractivity contribution in [3.05, 3.63) is 65.2 Å². The number of benzene rings is 2. The molecule has 0 fully saturated rings. The van der Waals surface area contributed by atoms with Crippen LogP contribution in [0.25, 0.3) is 6.08 Å². The maximum Gasteiger partial charge on any atom is 0.161 e. The highest BCUT2D eigenvalue weighted by molar-refractivity contribution is 9.09. The van der Waals surface area contributed by atoms with E-state index in [-0.39, 0.29) is 0 Å². The highest BCUT2D eigenvalue weighted by atomic mass is 79.9. The van der Waals surface area contributed by atoms with Gasteiger partial charge in [-0.2, -0.15) is 0 Å². The van der Waals surface area contributed by atoms with Crippen molar-refractivity contribution >= 4 is 28.3 Å². The third-order valence-electron chi connectivity index (χ3n) is 4.29. The molecule has 0 radical (unpaired) electrons. The predicted octanol–water partition coefficient (Wildman–Crippen LogP) is 6.10. The molecule has 27 heavy (non-hydrogen) atoms. The number of carbonyl (C=O) groups excluding carboxylic acids is 1. The second-order valence-electron chi connectivity index (χ2n) is 6.29. The van der Waals surface area contributed by atoms with E-state index in [9.17, 15) is 4.79 Å². The molecule has 0 aliphatic carbocycles. The van der Waals surface area contributed by atoms with Crippen LogP contribution < -0.4 is 9.47 Å². The van der Waals surface area contributed by atoms with Crippen LogP contribution in [-0.4, -0.2) is 25.3 Å². The summed E-state index contributed by atoms with van der Waals surface area (Å²) in [5.74, 6) is 1.31. The minimum atomic E-state index is 0.629. The van der Waals surface area contributed by atoms with Crippen molar-refractivity contribution in [3.8, 4) is 11.5 Å². The van der Waals surface area contributed by atoms with Crippen LogP contribution in [0.2, 0.25) is 0 Å². The Morgan fingerprint density at radius 1 is 1.00 bits per heavy atom. The fraction of sp³-hybridized carbons (Fsp3) is 0.348. The topological polar surface area (TPSA) is 35.5 Å². The molecule has 0 N–H and O–H groups in total. The zero-order valence-corrected chi connectivity index (χ0v) is 17.4. The van der Waals surface area contributed by atoms with Crippen LogP contribution >= 0.6 is 15.9 Å². The van der Waals surface area contributed by atoms with Gasteiger partial charge in [-0.15, -0.1) is 0 Å². The number of rotatable bonds is 12. The van der Waals surface area contributed by atoms with Crippen LogP contribution in [0.1, 0.15) is 47.2 Å². The van der Waals surface area contributed by atoms with E-state index >= 15 is 0 Å². The van der Waals surface area contributed by atoms with Gasteiger partial charge in [0.2, 0.25) is 0 Å². The molecule has 0 aromatic heterocycles. The number of allylic oxidation sites excluding steroid dienone is 1. The molecule has 2 aromatic carbocycles. The third-order valence-corrected chi connectivity index (χ3v) is 4.85. The summed E-state index contributed by atoms with van der Waals surface area (Å²) < 4.78 is 11.3. The van der Waals surface area contributed by atoms with E-state index in [0.717, 1.165) is 35.6 Å². The van der Waals surface area contributed by atoms with E-state index in [4.69, 9.17) is 9.47 Å². The van der Waals surface area contributed by atoms with Gasteiger partial charge in [-0.3, -0.25) is 4.79 Å². The highest BCUT2D eigenvalue weighted by Crippen LogP contribution is 2.31. The van der Waals surface area contributed by atoms with Crippen molar-refractivity contribution in [2.45, 2.75) is 32.1 Å². The van der Waals surface area contributed by atoms with Crippen LogP contribution in [0, 0.1) is 0 Å². The van der Waals surface area contributed by atoms with E-state index in [1.54, 1.807) is 13.2 Å². The molecule has 2 rings (SSSR count). The predicted molar refractivity (Wildman–Crippen MR) is 115 cm³/mol. The summed E-state index contributed by atoms with van der Waals surface area (Å²) in [6.45, 7) is 0.629. The Labute approximate surface area is 170 Å². The Morgan fingerprint density at radius 2 is 1.78 bits per heavy atom. The first kappa shape index (κ1) is 21.2. The first-order chi connectivity index (χ1) is 13.3. The lowest BCUT2D eigenvalue weighted by molar-refractivity contribution is 0.112. The van der Waals surface area contributed by atoms with Crippen molar-refractivity contribution in [3.63, 3.8) is 0 Å². The normalized spacial score (nSPS) is 10.9. The van der Waals surface area contributed by atoms with Gasteiger partial charge in [0, 0.05) is 10.9 Å². The van der Waals surface area contributed by atoms with Crippen LogP contribution in [0.4, 0.5) is 0 Å². The van der Waals surface area contributed by atoms with Gasteiger partial charge in [-0.25, -0.2) is 0 Å². The van der Waals surface area contributed by atoms with Gasteiger partial charge < -0.3 is 9.47 Å². The van der Waals surface area contributed by atoms with E-state index in [0.29, 0.717) is 30.1 Å². The van der Waals surface area contributed by atoms with Gasteiger partial charge in [0.05, 0.1) is 13.7 Å². The van der Waals surface area contributed by atoms with Crippen LogP contribution in [0.5, 0.6) is 11.5 Å². The molecule has 0 unspecified atom stereocenters. The van der Waals surface area contributed by atoms with Gasteiger partial charge in [-0.1, -0.05) is 71.3 Å². The van der Waals surface area contributed by atoms with E-state index in [1.165, 1.54) is 12.8 Å². The van der Waals surface area contributed by atoms with Crippen LogP contribution in [0.15, 0.2) is 48.5 Å². The number of aldehydes is 1. The standard InChI is InChI=1S/C23H27BrO3/c1-26-22-16-20(13-9-12-19-10-5-4-6-11-19)21(18-25)17-23(22)27-15-8-3-2-7-14-24/h4-6,9-12,16-18H,2-3,7-8,13-15H2,1H3/b12-9+. The molecule has 0 atom stereocenters. The van der Waals surface area contributed by atoms with Crippen LogP contribution in [0.3, 0.4) is 0 Å². The maximum atomic E-state index is 11.5. The average Bonchev–Trinajstić information content (AvgIpc) is 2.71. The maximum absolute atomic E-state index is 11.5. The first-order valence-electron chi connectivity index (χ1n) is 9.35. The monoisotopic (exact) mass is 430 g/mol. The molecule has 0 saturated heterocycles. The first-order valence-corrected chi connectivity index (χ1v) is 10.5. The number of alkyl halides is 1. The summed E-state index contributed by atoms with van der Waals surface area (Å²) in [6.07, 6.45) is 10.2. The summed E-state index contributed by atoms with van der Waals surface area (Å²) in [4.78, 5) is 11.5. The number of halogens is 1. The molecule has 0 bridgehead atoms. The molecular weight excluding hydrogens is 404 g/mol. The zero-order valence-electron chi connectivity index (χ0n) is 15.8. The number of hydrogen-bond acceptors (Lipinski definition) is 3. The average molecular weight is 431 g/mol. The van der Waals surface area contributed by atoms with Crippen molar-refractivity contribution in [1.82, 2.24) is 0 Å². The second-order valence-corrected chi connectivity index (χ2v) is 7.08. The molecule has 2 aromatic rings. The molecule has 0 heterocycles. The molecule has 0 spiro atoms. The Morgan fingerprint density at radius 3 is 2.48 bits per heavy atom. The lowest BCUT2D eigenvalue weighted by Gasteiger charge is -2.13. The van der Waals surface area contributed by atoms with Crippen molar-refractivity contribution in [2.75, 3.05) is 19.0 Å². The summed E-state index contributed by atoms with van der Waals surface area (Å²) in [5, 5.41) is 1.05. The van der Waals surface area contributed by atoms with Crippen molar-refractivity contribution in [2.24, 2.45) is 0 Å². The quantitative estimate of drug-likeness (QED) is 0.232. The Balaban J connectivity index is 2.01. The fourth-order valence-electron chi connectivity index (χ4n) is 2.79. The number of unbranched alkanes of at least 4 members (excludes halogenated alkanes) is 3. The largest absolute Gasteiger partial charge is 0.493 e.